The monoisotopic (exact) mass is 489 g/mol. The number of carbonyl (C=O) groups excluding carboxylic acids is 4. The van der Waals surface area contributed by atoms with Gasteiger partial charge in [-0.2, -0.15) is 5.26 Å². The fourth-order valence-electron chi connectivity index (χ4n) is 5.82. The summed E-state index contributed by atoms with van der Waals surface area (Å²) < 4.78 is 15.5. The largest absolute Gasteiger partial charge is 0.356 e. The van der Waals surface area contributed by atoms with Gasteiger partial charge in [0.1, 0.15) is 18.1 Å². The third-order valence-corrected chi connectivity index (χ3v) is 7.90. The zero-order valence-corrected chi connectivity index (χ0v) is 22.1. The van der Waals surface area contributed by atoms with Gasteiger partial charge < -0.3 is 20.4 Å². The molecule has 4 amide bonds. The molecular weight excluding hydrogens is 446 g/mol. The lowest BCUT2D eigenvalue weighted by atomic mass is 9.82. The predicted octanol–water partition coefficient (Wildman–Crippen LogP) is 1.68. The summed E-state index contributed by atoms with van der Waals surface area (Å²) in [6.45, 7) is 13.9. The van der Waals surface area contributed by atoms with Gasteiger partial charge in [-0.15, -0.1) is 0 Å². The molecule has 2 heterocycles. The fraction of sp³-hybridized carbons (Fsp3) is 0.808. The molecule has 35 heavy (non-hydrogen) atoms. The van der Waals surface area contributed by atoms with Gasteiger partial charge in [0.15, 0.2) is 0 Å². The molecule has 3 rings (SSSR count). The minimum absolute atomic E-state index is 0.0146. The second-order valence-electron chi connectivity index (χ2n) is 12.8. The van der Waals surface area contributed by atoms with E-state index in [4.69, 9.17) is 2.74 Å². The van der Waals surface area contributed by atoms with Crippen molar-refractivity contribution in [3.8, 4) is 6.07 Å². The van der Waals surface area contributed by atoms with E-state index >= 15 is 0 Å². The molecule has 9 heteroatoms. The van der Waals surface area contributed by atoms with Crippen LogP contribution < -0.4 is 10.6 Å². The first kappa shape index (κ1) is 24.1. The van der Waals surface area contributed by atoms with E-state index in [1.165, 1.54) is 4.90 Å². The van der Waals surface area contributed by atoms with Crippen molar-refractivity contribution < 1.29 is 21.9 Å². The lowest BCUT2D eigenvalue weighted by molar-refractivity contribution is -0.154. The molecule has 1 aliphatic carbocycles. The van der Waals surface area contributed by atoms with Crippen LogP contribution in [0.25, 0.3) is 0 Å². The number of likely N-dealkylation sites (tertiary alicyclic amines) is 1. The van der Waals surface area contributed by atoms with Crippen LogP contribution in [0, 0.1) is 39.9 Å². The van der Waals surface area contributed by atoms with Gasteiger partial charge in [-0.25, -0.2) is 0 Å². The van der Waals surface area contributed by atoms with Crippen LogP contribution >= 0.6 is 0 Å². The fourth-order valence-corrected chi connectivity index (χ4v) is 5.82. The van der Waals surface area contributed by atoms with Crippen molar-refractivity contribution in [3.05, 3.63) is 0 Å². The van der Waals surface area contributed by atoms with Gasteiger partial charge in [0, 0.05) is 27.2 Å². The summed E-state index contributed by atoms with van der Waals surface area (Å²) in [5, 5.41) is 14.7. The Balaban J connectivity index is 1.85. The Morgan fingerprint density at radius 1 is 1.34 bits per heavy atom. The highest BCUT2D eigenvalue weighted by Crippen LogP contribution is 2.65. The van der Waals surface area contributed by atoms with Gasteiger partial charge in [-0.3, -0.25) is 19.2 Å². The number of hydrogen-bond acceptors (Lipinski definition) is 5. The predicted molar refractivity (Wildman–Crippen MR) is 130 cm³/mol. The first-order valence-corrected chi connectivity index (χ1v) is 12.3. The molecule has 6 atom stereocenters. The van der Waals surface area contributed by atoms with E-state index in [2.05, 4.69) is 24.5 Å². The molecular formula is C26H41N5O4. The molecule has 194 valence electrons. The van der Waals surface area contributed by atoms with Gasteiger partial charge in [0.2, 0.25) is 24.1 Å². The molecule has 0 bridgehead atoms. The highest BCUT2D eigenvalue weighted by atomic mass is 16.2. The standard InChI is InChI=1S/C26H41N5O4/c1-24(2,3)20(31(14-32)25(4,5)6)23(35)30-13-17-18(26(17,7)8)19(30)22(34)29-16(12-27)11-15-9-10-28-21(15)33/h14-20H,9-11,13H2,1-8H3,(H,28,33)(H,29,34)/t15?,16-,17-,18-,19-,20+/m0/s1/i10D2. The molecule has 1 saturated carbocycles. The number of piperidine rings is 1. The summed E-state index contributed by atoms with van der Waals surface area (Å²) in [4.78, 5) is 55.1. The number of rotatable bonds is 7. The average Bonchev–Trinajstić information content (AvgIpc) is 3.04. The quantitative estimate of drug-likeness (QED) is 0.527. The molecule has 0 aromatic heterocycles. The molecule has 1 unspecified atom stereocenters. The molecule has 9 nitrogen and oxygen atoms in total. The van der Waals surface area contributed by atoms with Crippen molar-refractivity contribution in [2.75, 3.05) is 13.0 Å². The maximum Gasteiger partial charge on any atom is 0.246 e. The van der Waals surface area contributed by atoms with Crippen LogP contribution in [0.15, 0.2) is 0 Å². The maximum absolute atomic E-state index is 14.1. The smallest absolute Gasteiger partial charge is 0.246 e. The summed E-state index contributed by atoms with van der Waals surface area (Å²) in [6.07, 6.45) is 0.604. The number of carbonyl (C=O) groups is 4. The van der Waals surface area contributed by atoms with Crippen molar-refractivity contribution in [1.29, 1.82) is 5.26 Å². The van der Waals surface area contributed by atoms with Gasteiger partial charge in [0.25, 0.3) is 0 Å². The lowest BCUT2D eigenvalue weighted by Gasteiger charge is -2.46. The number of nitrogens with one attached hydrogen (secondary N) is 2. The minimum atomic E-state index is -1.84. The molecule has 0 spiro atoms. The van der Waals surface area contributed by atoms with Crippen LogP contribution in [0.5, 0.6) is 0 Å². The van der Waals surface area contributed by atoms with E-state index in [1.807, 2.05) is 47.6 Å². The van der Waals surface area contributed by atoms with Crippen molar-refractivity contribution in [2.24, 2.45) is 28.6 Å². The second-order valence-corrected chi connectivity index (χ2v) is 12.8. The Kier molecular flexibility index (Phi) is 6.27. The third-order valence-electron chi connectivity index (χ3n) is 7.90. The van der Waals surface area contributed by atoms with E-state index in [9.17, 15) is 24.4 Å². The van der Waals surface area contributed by atoms with E-state index in [0.29, 0.717) is 13.0 Å². The van der Waals surface area contributed by atoms with Gasteiger partial charge >= 0.3 is 0 Å². The molecule has 3 fully saturated rings. The Morgan fingerprint density at radius 3 is 2.43 bits per heavy atom. The Bertz CT molecular complexity index is 1010. The first-order chi connectivity index (χ1) is 16.8. The van der Waals surface area contributed by atoms with Crippen molar-refractivity contribution in [2.45, 2.75) is 91.9 Å². The third kappa shape index (κ3) is 5.03. The van der Waals surface area contributed by atoms with Gasteiger partial charge in [-0.1, -0.05) is 34.6 Å². The molecule has 0 aromatic rings. The summed E-state index contributed by atoms with van der Waals surface area (Å²) in [5.41, 5.74) is -1.36. The van der Waals surface area contributed by atoms with Crippen molar-refractivity contribution in [1.82, 2.24) is 20.4 Å². The molecule has 2 saturated heterocycles. The van der Waals surface area contributed by atoms with E-state index in [1.54, 1.807) is 4.90 Å². The van der Waals surface area contributed by atoms with Crippen LogP contribution in [-0.4, -0.2) is 70.6 Å². The van der Waals surface area contributed by atoms with Crippen molar-refractivity contribution >= 4 is 24.1 Å². The Morgan fingerprint density at radius 2 is 1.97 bits per heavy atom. The van der Waals surface area contributed by atoms with Crippen LogP contribution in [0.1, 0.15) is 71.0 Å². The highest BCUT2D eigenvalue weighted by molar-refractivity contribution is 5.93. The zero-order chi connectivity index (χ0) is 28.3. The summed E-state index contributed by atoms with van der Waals surface area (Å²) >= 11 is 0. The zero-order valence-electron chi connectivity index (χ0n) is 24.1. The first-order valence-electron chi connectivity index (χ1n) is 13.3. The summed E-state index contributed by atoms with van der Waals surface area (Å²) in [6, 6.07) is -0.574. The molecule has 0 aromatic carbocycles. The van der Waals surface area contributed by atoms with E-state index in [-0.39, 0.29) is 36.0 Å². The number of nitrogens with zero attached hydrogens (tertiary/aromatic N) is 3. The van der Waals surface area contributed by atoms with Gasteiger partial charge in [-0.05, 0) is 56.3 Å². The normalized spacial score (nSPS) is 31.2. The number of amides is 4. The van der Waals surface area contributed by atoms with E-state index in [0.717, 1.165) is 0 Å². The molecule has 3 aliphatic rings. The highest BCUT2D eigenvalue weighted by Gasteiger charge is 2.70. The number of hydrogen-bond donors (Lipinski definition) is 2. The number of nitriles is 1. The topological polar surface area (TPSA) is 123 Å². The summed E-state index contributed by atoms with van der Waals surface area (Å²) in [7, 11) is 0. The molecule has 2 N–H and O–H groups in total. The Hall–Kier alpha value is -2.63. The SMILES string of the molecule is [2H]C1([2H])CC(C[C@@H](C#N)NC(=O)[C@@H]2[C@@H]3[C@H](CN2C(=O)[C@@H](N(C=O)C(C)(C)C)C(C)(C)C)C3(C)C)C(=O)N1. The maximum atomic E-state index is 14.1. The van der Waals surface area contributed by atoms with Crippen LogP contribution in [0.3, 0.4) is 0 Å². The Labute approximate surface area is 211 Å². The average molecular weight is 490 g/mol. The second kappa shape index (κ2) is 9.11. The van der Waals surface area contributed by atoms with Crippen LogP contribution in [0.4, 0.5) is 0 Å². The molecule has 0 radical (unpaired) electrons. The number of fused-ring (bicyclic) bond motifs is 1. The molecule has 2 aliphatic heterocycles. The summed E-state index contributed by atoms with van der Waals surface area (Å²) in [5.74, 6) is -1.93. The lowest BCUT2D eigenvalue weighted by Crippen LogP contribution is -2.62. The van der Waals surface area contributed by atoms with Gasteiger partial charge in [0.05, 0.1) is 6.07 Å². The van der Waals surface area contributed by atoms with E-state index < -0.39 is 53.3 Å². The van der Waals surface area contributed by atoms with Crippen LogP contribution in [-0.2, 0) is 19.2 Å². The minimum Gasteiger partial charge on any atom is -0.356 e. The van der Waals surface area contributed by atoms with Crippen molar-refractivity contribution in [3.63, 3.8) is 0 Å². The van der Waals surface area contributed by atoms with Crippen LogP contribution in [0.2, 0.25) is 0 Å².